The first-order valence-electron chi connectivity index (χ1n) is 5.56. The van der Waals surface area contributed by atoms with Gasteiger partial charge < -0.3 is 5.73 Å². The van der Waals surface area contributed by atoms with Crippen molar-refractivity contribution in [1.82, 2.24) is 9.55 Å². The molecule has 1 aromatic heterocycles. The maximum atomic E-state index is 13.5. The number of imidazole rings is 1. The molecule has 3 aromatic rings. The van der Waals surface area contributed by atoms with E-state index in [1.165, 1.54) is 12.1 Å². The molecule has 0 unspecified atom stereocenters. The number of nitrogens with two attached hydrogens (primary N) is 1. The Kier molecular flexibility index (Phi) is 3.51. The summed E-state index contributed by atoms with van der Waals surface area (Å²) in [6.07, 6.45) is 0. The average molecular weight is 422 g/mol. The first-order chi connectivity index (χ1) is 9.47. The summed E-state index contributed by atoms with van der Waals surface area (Å²) in [6, 6.07) is 8.29. The van der Waals surface area contributed by atoms with Gasteiger partial charge in [0.05, 0.1) is 26.8 Å². The van der Waals surface area contributed by atoms with Gasteiger partial charge in [0.25, 0.3) is 0 Å². The molecule has 0 fully saturated rings. The van der Waals surface area contributed by atoms with Crippen LogP contribution in [0.4, 0.5) is 10.3 Å². The zero-order chi connectivity index (χ0) is 14.4. The molecule has 0 saturated carbocycles. The monoisotopic (exact) mass is 421 g/mol. The summed E-state index contributed by atoms with van der Waals surface area (Å²) in [4.78, 5) is 4.14. The van der Waals surface area contributed by atoms with Crippen LogP contribution in [0.25, 0.3) is 16.7 Å². The van der Waals surface area contributed by atoms with Crippen molar-refractivity contribution in [1.29, 1.82) is 0 Å². The third kappa shape index (κ3) is 2.23. The molecule has 0 aliphatic carbocycles. The minimum absolute atomic E-state index is 0.0142. The van der Waals surface area contributed by atoms with Crippen LogP contribution in [-0.2, 0) is 0 Å². The molecule has 0 saturated heterocycles. The van der Waals surface area contributed by atoms with Gasteiger partial charge in [-0.2, -0.15) is 0 Å². The lowest BCUT2D eigenvalue weighted by molar-refractivity contribution is 0.630. The van der Waals surface area contributed by atoms with Crippen LogP contribution >= 0.6 is 45.8 Å². The van der Waals surface area contributed by atoms with Gasteiger partial charge in [0, 0.05) is 9.64 Å². The fourth-order valence-electron chi connectivity index (χ4n) is 2.01. The third-order valence-electron chi connectivity index (χ3n) is 2.87. The van der Waals surface area contributed by atoms with Gasteiger partial charge in [-0.15, -0.1) is 0 Å². The average Bonchev–Trinajstić information content (AvgIpc) is 2.66. The second-order valence-corrected chi connectivity index (χ2v) is 6.22. The lowest BCUT2D eigenvalue weighted by Gasteiger charge is -2.09. The van der Waals surface area contributed by atoms with E-state index in [2.05, 4.69) is 27.6 Å². The van der Waals surface area contributed by atoms with Gasteiger partial charge >= 0.3 is 0 Å². The molecule has 2 N–H and O–H groups in total. The largest absolute Gasteiger partial charge is 0.369 e. The molecular weight excluding hydrogens is 415 g/mol. The topological polar surface area (TPSA) is 43.8 Å². The molecule has 3 nitrogen and oxygen atoms in total. The van der Waals surface area contributed by atoms with Crippen LogP contribution in [0.1, 0.15) is 0 Å². The van der Waals surface area contributed by atoms with Gasteiger partial charge in [0.15, 0.2) is 0 Å². The number of anilines is 1. The first kappa shape index (κ1) is 13.9. The van der Waals surface area contributed by atoms with Gasteiger partial charge in [-0.05, 0) is 46.9 Å². The SMILES string of the molecule is Nc1nc2cc(F)c(Cl)cc2n1-c1ccc(I)cc1Cl. The highest BCUT2D eigenvalue weighted by Crippen LogP contribution is 2.31. The van der Waals surface area contributed by atoms with Crippen LogP contribution in [-0.4, -0.2) is 9.55 Å². The number of halogens is 4. The van der Waals surface area contributed by atoms with Gasteiger partial charge in [-0.1, -0.05) is 23.2 Å². The van der Waals surface area contributed by atoms with Crippen LogP contribution in [0, 0.1) is 9.39 Å². The van der Waals surface area contributed by atoms with Crippen molar-refractivity contribution < 1.29 is 4.39 Å². The fourth-order valence-corrected chi connectivity index (χ4v) is 3.11. The van der Waals surface area contributed by atoms with E-state index >= 15 is 0 Å². The minimum Gasteiger partial charge on any atom is -0.369 e. The maximum absolute atomic E-state index is 13.5. The standard InChI is InChI=1S/C13H7Cl2FIN3/c14-7-4-12-10(5-9(7)16)19-13(18)20(12)11-2-1-6(17)3-8(11)15/h1-5H,(H2,18,19). The lowest BCUT2D eigenvalue weighted by atomic mass is 10.2. The van der Waals surface area contributed by atoms with Crippen LogP contribution in [0.15, 0.2) is 30.3 Å². The molecule has 0 bridgehead atoms. The second-order valence-electron chi connectivity index (χ2n) is 4.16. The van der Waals surface area contributed by atoms with Gasteiger partial charge in [0.1, 0.15) is 5.82 Å². The van der Waals surface area contributed by atoms with Crippen molar-refractivity contribution >= 4 is 62.8 Å². The van der Waals surface area contributed by atoms with Crippen molar-refractivity contribution in [3.63, 3.8) is 0 Å². The number of fused-ring (bicyclic) bond motifs is 1. The zero-order valence-corrected chi connectivity index (χ0v) is 13.5. The van der Waals surface area contributed by atoms with Crippen molar-refractivity contribution in [2.75, 3.05) is 5.73 Å². The lowest BCUT2D eigenvalue weighted by Crippen LogP contribution is -2.01. The van der Waals surface area contributed by atoms with E-state index in [1.807, 2.05) is 18.2 Å². The van der Waals surface area contributed by atoms with E-state index in [0.29, 0.717) is 21.7 Å². The molecular formula is C13H7Cl2FIN3. The molecule has 20 heavy (non-hydrogen) atoms. The molecule has 1 heterocycles. The predicted molar refractivity (Wildman–Crippen MR) is 88.2 cm³/mol. The Bertz CT molecular complexity index is 832. The van der Waals surface area contributed by atoms with Crippen LogP contribution in [0.2, 0.25) is 10.0 Å². The minimum atomic E-state index is -0.530. The number of benzene rings is 2. The fraction of sp³-hybridized carbons (Fsp3) is 0. The number of hydrogen-bond donors (Lipinski definition) is 1. The Morgan fingerprint density at radius 1 is 1.15 bits per heavy atom. The molecule has 0 aliphatic rings. The number of nitrogen functional groups attached to an aromatic ring is 1. The quantitative estimate of drug-likeness (QED) is 0.581. The molecule has 102 valence electrons. The van der Waals surface area contributed by atoms with Crippen molar-refractivity contribution in [2.24, 2.45) is 0 Å². The smallest absolute Gasteiger partial charge is 0.205 e. The summed E-state index contributed by atoms with van der Waals surface area (Å²) in [5.74, 6) is -0.303. The van der Waals surface area contributed by atoms with E-state index in [1.54, 1.807) is 4.57 Å². The molecule has 7 heteroatoms. The highest BCUT2D eigenvalue weighted by Gasteiger charge is 2.15. The first-order valence-corrected chi connectivity index (χ1v) is 7.39. The van der Waals surface area contributed by atoms with Crippen LogP contribution in [0.3, 0.4) is 0 Å². The maximum Gasteiger partial charge on any atom is 0.205 e. The Balaban J connectivity index is 2.35. The summed E-state index contributed by atoms with van der Waals surface area (Å²) < 4.78 is 16.1. The van der Waals surface area contributed by atoms with E-state index in [0.717, 1.165) is 3.57 Å². The normalized spacial score (nSPS) is 11.2. The number of rotatable bonds is 1. The predicted octanol–water partition coefficient (Wildman–Crippen LogP) is 4.66. The van der Waals surface area contributed by atoms with E-state index in [4.69, 9.17) is 28.9 Å². The van der Waals surface area contributed by atoms with Crippen LogP contribution < -0.4 is 5.73 Å². The van der Waals surface area contributed by atoms with Gasteiger partial charge in [-0.3, -0.25) is 4.57 Å². The summed E-state index contributed by atoms with van der Waals surface area (Å²) in [6.45, 7) is 0. The Labute approximate surface area is 137 Å². The molecule has 2 aromatic carbocycles. The molecule has 3 rings (SSSR count). The molecule has 0 amide bonds. The summed E-state index contributed by atoms with van der Waals surface area (Å²) >= 11 is 14.2. The van der Waals surface area contributed by atoms with Gasteiger partial charge in [0.2, 0.25) is 5.95 Å². The second kappa shape index (κ2) is 5.05. The van der Waals surface area contributed by atoms with Crippen molar-refractivity contribution in [3.05, 3.63) is 49.8 Å². The molecule has 0 radical (unpaired) electrons. The summed E-state index contributed by atoms with van der Waals surface area (Å²) in [5, 5.41) is 0.545. The number of hydrogen-bond acceptors (Lipinski definition) is 2. The molecule has 0 atom stereocenters. The Morgan fingerprint density at radius 3 is 2.60 bits per heavy atom. The van der Waals surface area contributed by atoms with E-state index < -0.39 is 5.82 Å². The van der Waals surface area contributed by atoms with E-state index in [-0.39, 0.29) is 11.0 Å². The van der Waals surface area contributed by atoms with Gasteiger partial charge in [-0.25, -0.2) is 9.37 Å². The Morgan fingerprint density at radius 2 is 1.90 bits per heavy atom. The van der Waals surface area contributed by atoms with E-state index in [9.17, 15) is 4.39 Å². The zero-order valence-electron chi connectivity index (χ0n) is 9.87. The summed E-state index contributed by atoms with van der Waals surface area (Å²) in [7, 11) is 0. The van der Waals surface area contributed by atoms with Crippen LogP contribution in [0.5, 0.6) is 0 Å². The molecule has 0 spiro atoms. The third-order valence-corrected chi connectivity index (χ3v) is 4.14. The molecule has 0 aliphatic heterocycles. The summed E-state index contributed by atoms with van der Waals surface area (Å²) in [5.41, 5.74) is 7.63. The number of aromatic nitrogens is 2. The number of nitrogens with zero attached hydrogens (tertiary/aromatic N) is 2. The Hall–Kier alpha value is -1.05. The highest BCUT2D eigenvalue weighted by atomic mass is 127. The van der Waals surface area contributed by atoms with Crippen molar-refractivity contribution in [2.45, 2.75) is 0 Å². The van der Waals surface area contributed by atoms with Crippen molar-refractivity contribution in [3.8, 4) is 5.69 Å². The highest BCUT2D eigenvalue weighted by molar-refractivity contribution is 14.1.